The molecule has 1 saturated heterocycles. The van der Waals surface area contributed by atoms with Gasteiger partial charge >= 0.3 is 11.9 Å². The maximum Gasteiger partial charge on any atom is 0.336 e. The number of hydrogen-bond donors (Lipinski definition) is 1. The number of hydrogen-bond acceptors (Lipinski definition) is 5. The van der Waals surface area contributed by atoms with E-state index < -0.39 is 18.7 Å². The first-order valence-electron chi connectivity index (χ1n) is 3.78. The second-order valence-corrected chi connectivity index (χ2v) is 2.68. The van der Waals surface area contributed by atoms with Crippen molar-refractivity contribution in [2.45, 2.75) is 12.5 Å². The summed E-state index contributed by atoms with van der Waals surface area (Å²) < 4.78 is 9.36. The number of esters is 2. The van der Waals surface area contributed by atoms with Gasteiger partial charge in [-0.05, 0) is 0 Å². The van der Waals surface area contributed by atoms with Gasteiger partial charge in [0.2, 0.25) is 0 Å². The molecule has 72 valence electrons. The zero-order valence-corrected chi connectivity index (χ0v) is 6.99. The van der Waals surface area contributed by atoms with E-state index in [4.69, 9.17) is 9.84 Å². The van der Waals surface area contributed by atoms with Crippen molar-refractivity contribution < 1.29 is 24.2 Å². The molecule has 5 heteroatoms. The summed E-state index contributed by atoms with van der Waals surface area (Å²) in [5.41, 5.74) is -0.0284. The van der Waals surface area contributed by atoms with Crippen molar-refractivity contribution in [1.82, 2.24) is 0 Å². The van der Waals surface area contributed by atoms with Crippen LogP contribution in [0, 0.1) is 0 Å². The lowest BCUT2D eigenvalue weighted by Crippen LogP contribution is -2.20. The van der Waals surface area contributed by atoms with Crippen molar-refractivity contribution >= 4 is 11.9 Å². The third-order valence-electron chi connectivity index (χ3n) is 1.58. The average molecular weight is 186 g/mol. The lowest BCUT2D eigenvalue weighted by molar-refractivity contribution is -0.144. The fourth-order valence-corrected chi connectivity index (χ4v) is 0.865. The molecule has 0 aliphatic carbocycles. The second-order valence-electron chi connectivity index (χ2n) is 2.68. The summed E-state index contributed by atoms with van der Waals surface area (Å²) in [6.07, 6.45) is -0.465. The van der Waals surface area contributed by atoms with Crippen LogP contribution in [0.25, 0.3) is 0 Å². The Morgan fingerprint density at radius 3 is 2.92 bits per heavy atom. The largest absolute Gasteiger partial charge is 0.462 e. The van der Waals surface area contributed by atoms with E-state index in [9.17, 15) is 9.59 Å². The van der Waals surface area contributed by atoms with E-state index in [1.54, 1.807) is 0 Å². The molecule has 0 amide bonds. The highest BCUT2D eigenvalue weighted by molar-refractivity contribution is 5.88. The van der Waals surface area contributed by atoms with Crippen LogP contribution in [-0.2, 0) is 19.1 Å². The Hall–Kier alpha value is -1.36. The third kappa shape index (κ3) is 2.55. The summed E-state index contributed by atoms with van der Waals surface area (Å²) in [5, 5.41) is 8.53. The Morgan fingerprint density at radius 2 is 2.46 bits per heavy atom. The lowest BCUT2D eigenvalue weighted by atomic mass is 10.3. The molecule has 1 aliphatic heterocycles. The lowest BCUT2D eigenvalue weighted by Gasteiger charge is -2.08. The van der Waals surface area contributed by atoms with Crippen LogP contribution in [0.1, 0.15) is 6.42 Å². The van der Waals surface area contributed by atoms with E-state index >= 15 is 0 Å². The van der Waals surface area contributed by atoms with Gasteiger partial charge < -0.3 is 14.6 Å². The van der Waals surface area contributed by atoms with Crippen LogP contribution in [0.4, 0.5) is 0 Å². The molecule has 0 radical (unpaired) electrons. The van der Waals surface area contributed by atoms with Crippen molar-refractivity contribution in [3.05, 3.63) is 12.2 Å². The van der Waals surface area contributed by atoms with Crippen LogP contribution in [-0.4, -0.2) is 36.4 Å². The van der Waals surface area contributed by atoms with Crippen LogP contribution in [0.15, 0.2) is 12.2 Å². The van der Waals surface area contributed by atoms with Crippen molar-refractivity contribution in [3.63, 3.8) is 0 Å². The van der Waals surface area contributed by atoms with Crippen LogP contribution in [0.3, 0.4) is 0 Å². The van der Waals surface area contributed by atoms with E-state index in [1.807, 2.05) is 0 Å². The maximum absolute atomic E-state index is 11.0. The van der Waals surface area contributed by atoms with Gasteiger partial charge in [0.05, 0.1) is 18.6 Å². The molecule has 1 heterocycles. The summed E-state index contributed by atoms with van der Waals surface area (Å²) in [6.45, 7) is 2.93. The van der Waals surface area contributed by atoms with E-state index in [0.717, 1.165) is 0 Å². The second kappa shape index (κ2) is 4.04. The molecule has 1 aliphatic rings. The predicted octanol–water partition coefficient (Wildman–Crippen LogP) is -0.606. The van der Waals surface area contributed by atoms with Crippen LogP contribution < -0.4 is 0 Å². The van der Waals surface area contributed by atoms with Gasteiger partial charge in [-0.1, -0.05) is 6.58 Å². The van der Waals surface area contributed by atoms with Crippen LogP contribution >= 0.6 is 0 Å². The van der Waals surface area contributed by atoms with Gasteiger partial charge in [0.25, 0.3) is 0 Å². The molecule has 5 nitrogen and oxygen atoms in total. The quantitative estimate of drug-likeness (QED) is 0.470. The number of ether oxygens (including phenoxy) is 2. The van der Waals surface area contributed by atoms with Crippen molar-refractivity contribution in [2.75, 3.05) is 13.2 Å². The molecule has 0 aromatic heterocycles. The molecular formula is C8H10O5. The fourth-order valence-electron chi connectivity index (χ4n) is 0.865. The van der Waals surface area contributed by atoms with Crippen LogP contribution in [0.2, 0.25) is 0 Å². The predicted molar refractivity (Wildman–Crippen MR) is 41.7 cm³/mol. The maximum atomic E-state index is 11.0. The van der Waals surface area contributed by atoms with Crippen molar-refractivity contribution in [2.24, 2.45) is 0 Å². The first-order chi connectivity index (χ1) is 6.13. The van der Waals surface area contributed by atoms with Gasteiger partial charge in [-0.2, -0.15) is 0 Å². The monoisotopic (exact) mass is 186 g/mol. The highest BCUT2D eigenvalue weighted by Crippen LogP contribution is 2.11. The van der Waals surface area contributed by atoms with Crippen molar-refractivity contribution in [3.8, 4) is 0 Å². The Labute approximate surface area is 74.9 Å². The highest BCUT2D eigenvalue weighted by Gasteiger charge is 2.27. The van der Waals surface area contributed by atoms with E-state index in [1.165, 1.54) is 0 Å². The number of carbonyl (C=O) groups excluding carboxylic acids is 2. The number of aliphatic hydroxyl groups excluding tert-OH is 1. The summed E-state index contributed by atoms with van der Waals surface area (Å²) in [4.78, 5) is 21.6. The molecule has 13 heavy (non-hydrogen) atoms. The summed E-state index contributed by atoms with van der Waals surface area (Å²) in [5.74, 6) is -1.07. The van der Waals surface area contributed by atoms with E-state index in [0.29, 0.717) is 0 Å². The Balaban J connectivity index is 2.37. The molecule has 1 unspecified atom stereocenters. The van der Waals surface area contributed by atoms with Gasteiger partial charge in [0.1, 0.15) is 12.7 Å². The Kier molecular flexibility index (Phi) is 3.02. The van der Waals surface area contributed by atoms with E-state index in [-0.39, 0.29) is 24.6 Å². The summed E-state index contributed by atoms with van der Waals surface area (Å²) in [6, 6.07) is 0. The number of aliphatic hydroxyl groups is 1. The third-order valence-corrected chi connectivity index (χ3v) is 1.58. The normalized spacial score (nSPS) is 21.0. The Bertz CT molecular complexity index is 245. The van der Waals surface area contributed by atoms with E-state index in [2.05, 4.69) is 11.3 Å². The summed E-state index contributed by atoms with van der Waals surface area (Å²) >= 11 is 0. The van der Waals surface area contributed by atoms with Gasteiger partial charge in [0.15, 0.2) is 0 Å². The number of rotatable bonds is 3. The molecule has 0 bridgehead atoms. The molecule has 0 aromatic rings. The zero-order chi connectivity index (χ0) is 9.84. The minimum Gasteiger partial charge on any atom is -0.462 e. The first-order valence-corrected chi connectivity index (χ1v) is 3.78. The smallest absolute Gasteiger partial charge is 0.336 e. The molecule has 1 atom stereocenters. The topological polar surface area (TPSA) is 72.8 Å². The fraction of sp³-hybridized carbons (Fsp3) is 0.500. The number of carbonyl (C=O) groups is 2. The van der Waals surface area contributed by atoms with Gasteiger partial charge in [-0.25, -0.2) is 4.79 Å². The van der Waals surface area contributed by atoms with Gasteiger partial charge in [-0.15, -0.1) is 0 Å². The molecule has 0 saturated carbocycles. The minimum absolute atomic E-state index is 0.0284. The highest BCUT2D eigenvalue weighted by atomic mass is 16.6. The molecule has 1 fully saturated rings. The molecular weight excluding hydrogens is 176 g/mol. The average Bonchev–Trinajstić information content (AvgIpc) is 2.49. The molecule has 0 aromatic carbocycles. The zero-order valence-electron chi connectivity index (χ0n) is 6.99. The standard InChI is InChI=1S/C8H10O5/c1-5(3-9)8(11)13-6-2-7(10)12-4-6/h6,9H,1-4H2. The SMILES string of the molecule is C=C(CO)C(=O)OC1COC(=O)C1. The molecule has 1 N–H and O–H groups in total. The molecule has 1 rings (SSSR count). The Morgan fingerprint density at radius 1 is 1.77 bits per heavy atom. The molecule has 0 spiro atoms. The summed E-state index contributed by atoms with van der Waals surface area (Å²) in [7, 11) is 0. The van der Waals surface area contributed by atoms with Crippen LogP contribution in [0.5, 0.6) is 0 Å². The van der Waals surface area contributed by atoms with Crippen molar-refractivity contribution in [1.29, 1.82) is 0 Å². The van der Waals surface area contributed by atoms with Gasteiger partial charge in [-0.3, -0.25) is 4.79 Å². The number of cyclic esters (lactones) is 1. The first kappa shape index (κ1) is 9.73. The minimum atomic E-state index is -0.689. The van der Waals surface area contributed by atoms with Gasteiger partial charge in [0, 0.05) is 0 Å².